The minimum absolute atomic E-state index is 0.116. The average Bonchev–Trinajstić information content (AvgIpc) is 0.799. The number of anilines is 6. The van der Waals surface area contributed by atoms with Crippen molar-refractivity contribution in [3.05, 3.63) is 346 Å². The summed E-state index contributed by atoms with van der Waals surface area (Å²) in [5.74, 6) is 2.27. The monoisotopic (exact) mass is 1450 g/mol. The number of hydrogen-bond donors (Lipinski definition) is 0. The van der Waals surface area contributed by atoms with Gasteiger partial charge in [0, 0.05) is 11.9 Å². The van der Waals surface area contributed by atoms with Gasteiger partial charge in [0.1, 0.15) is 0 Å². The van der Waals surface area contributed by atoms with Crippen LogP contribution in [0.2, 0.25) is 0 Å². The molecule has 7 heteroatoms. The summed E-state index contributed by atoms with van der Waals surface area (Å²) < 4.78 is 13.5. The number of rotatable bonds is 10. The number of aromatic nitrogens is 3. The molecule has 0 amide bonds. The summed E-state index contributed by atoms with van der Waals surface area (Å²) in [5, 5.41) is 0. The zero-order chi connectivity index (χ0) is 67.2. The van der Waals surface area contributed by atoms with E-state index in [9.17, 15) is 0 Å². The van der Waals surface area contributed by atoms with Crippen molar-refractivity contribution in [1.82, 2.24) is 14.1 Å². The van der Waals surface area contributed by atoms with Crippen LogP contribution in [0.25, 0.3) is 66.9 Å². The van der Waals surface area contributed by atoms with Crippen LogP contribution in [0.1, 0.15) is 101 Å². The second kappa shape index (κ2) is 24.2. The van der Waals surface area contributed by atoms with Gasteiger partial charge >= 0.3 is 357 Å². The Kier molecular flexibility index (Phi) is 15.3. The molecule has 1 spiro atoms. The summed E-state index contributed by atoms with van der Waals surface area (Å²) in [6.07, 6.45) is 1.98. The average molecular weight is 1450 g/mol. The van der Waals surface area contributed by atoms with Gasteiger partial charge in [0.05, 0.1) is 11.4 Å². The molecule has 0 saturated heterocycles. The number of ether oxygens (including phenoxy) is 1. The zero-order valence-corrected chi connectivity index (χ0v) is 59.1. The predicted molar refractivity (Wildman–Crippen MR) is 403 cm³/mol. The molecule has 0 N–H and O–H groups in total. The van der Waals surface area contributed by atoms with Crippen molar-refractivity contribution < 1.29 is 24.1 Å². The van der Waals surface area contributed by atoms with Crippen LogP contribution in [0.5, 0.6) is 11.5 Å². The molecule has 0 saturated carbocycles. The van der Waals surface area contributed by atoms with E-state index in [1.165, 1.54) is 33.4 Å². The van der Waals surface area contributed by atoms with Crippen LogP contribution in [-0.2, 0) is 41.0 Å². The second-order valence-electron chi connectivity index (χ2n) is 29.2. The molecular weight excluding hydrogens is 1370 g/mol. The Morgan fingerprint density at radius 1 is 0.327 bits per heavy atom. The van der Waals surface area contributed by atoms with Crippen molar-refractivity contribution in [1.29, 1.82) is 0 Å². The molecule has 2 aliphatic heterocycles. The van der Waals surface area contributed by atoms with E-state index in [2.05, 4.69) is 398 Å². The first-order valence-electron chi connectivity index (χ1n) is 34.0. The van der Waals surface area contributed by atoms with Crippen LogP contribution in [0.3, 0.4) is 0 Å². The number of fused-ring (bicyclic) bond motifs is 9. The summed E-state index contributed by atoms with van der Waals surface area (Å²) in [6, 6.07) is 109. The van der Waals surface area contributed by atoms with Crippen molar-refractivity contribution in [2.75, 3.05) is 9.80 Å². The number of para-hydroxylation sites is 4. The third kappa shape index (κ3) is 10.7. The topological polar surface area (TPSA) is 38.5 Å². The zero-order valence-electron chi connectivity index (χ0n) is 56.8. The maximum atomic E-state index is 7.58. The first kappa shape index (κ1) is 62.2. The number of imidazole rings is 1. The molecule has 0 bridgehead atoms. The molecule has 0 fully saturated rings. The van der Waals surface area contributed by atoms with Gasteiger partial charge in [-0.05, 0) is 63.6 Å². The van der Waals surface area contributed by atoms with Crippen LogP contribution in [-0.4, -0.2) is 14.1 Å². The van der Waals surface area contributed by atoms with Crippen LogP contribution in [0, 0.1) is 3.80 Å². The van der Waals surface area contributed by atoms with E-state index in [1.807, 2.05) is 6.20 Å². The Labute approximate surface area is 586 Å². The number of pyridine rings is 1. The number of nitrogens with zero attached hydrogens (tertiary/aromatic N) is 5. The van der Waals surface area contributed by atoms with Gasteiger partial charge in [-0.1, -0.05) is 142 Å². The molecular formula is C91H77N5OPt. The molecule has 14 aromatic rings. The predicted octanol–water partition coefficient (Wildman–Crippen LogP) is 24.2. The SMILES string of the molecule is CC(C)(C)c1cc(Oc2ccc3c(c2)N(c2cc(C(C)(C)C)ccn2)c2ccccc2C32c3ccc(-c4ccccc4)cc3N(c3ccccc3)c3cc(-c4ccccc4)ccc32)cc(-n2[c](=[Pt])n(-c3c(-c4ccccc4)cc(C(C)(C)C)cc3-c3ccccc3)c3ccccc32)c1. The summed E-state index contributed by atoms with van der Waals surface area (Å²) in [6.45, 7) is 20.6. The Morgan fingerprint density at radius 2 is 0.776 bits per heavy atom. The molecule has 0 radical (unpaired) electrons. The van der Waals surface area contributed by atoms with Gasteiger partial charge in [-0.2, -0.15) is 0 Å². The van der Waals surface area contributed by atoms with E-state index in [0.29, 0.717) is 5.75 Å². The van der Waals surface area contributed by atoms with Crippen molar-refractivity contribution in [2.45, 2.75) is 84.0 Å². The van der Waals surface area contributed by atoms with Gasteiger partial charge < -0.3 is 4.90 Å². The molecule has 12 aromatic carbocycles. The van der Waals surface area contributed by atoms with E-state index >= 15 is 0 Å². The number of benzene rings is 12. The Hall–Kier alpha value is -10.7. The summed E-state index contributed by atoms with van der Waals surface area (Å²) in [5.41, 5.74) is 25.7. The van der Waals surface area contributed by atoms with Crippen molar-refractivity contribution in [2.24, 2.45) is 0 Å². The van der Waals surface area contributed by atoms with Crippen molar-refractivity contribution in [3.8, 4) is 67.4 Å². The molecule has 482 valence electrons. The molecule has 2 aromatic heterocycles. The van der Waals surface area contributed by atoms with Crippen LogP contribution in [0.4, 0.5) is 34.3 Å². The van der Waals surface area contributed by atoms with Crippen LogP contribution in [0.15, 0.2) is 303 Å². The molecule has 16 rings (SSSR count). The van der Waals surface area contributed by atoms with Crippen molar-refractivity contribution >= 4 is 45.3 Å². The van der Waals surface area contributed by atoms with E-state index in [0.717, 1.165) is 116 Å². The molecule has 4 heterocycles. The van der Waals surface area contributed by atoms with Gasteiger partial charge in [0.15, 0.2) is 0 Å². The summed E-state index contributed by atoms with van der Waals surface area (Å²) in [4.78, 5) is 10.2. The minimum atomic E-state index is -0.863. The van der Waals surface area contributed by atoms with Gasteiger partial charge in [0.2, 0.25) is 0 Å². The first-order valence-corrected chi connectivity index (χ1v) is 35.1. The van der Waals surface area contributed by atoms with Crippen LogP contribution < -0.4 is 14.5 Å². The van der Waals surface area contributed by atoms with Gasteiger partial charge in [-0.15, -0.1) is 0 Å². The van der Waals surface area contributed by atoms with E-state index < -0.39 is 5.41 Å². The first-order chi connectivity index (χ1) is 47.4. The molecule has 0 unspecified atom stereocenters. The third-order valence-corrected chi connectivity index (χ3v) is 20.9. The normalized spacial score (nSPS) is 13.3. The van der Waals surface area contributed by atoms with E-state index in [1.54, 1.807) is 0 Å². The summed E-state index contributed by atoms with van der Waals surface area (Å²) in [7, 11) is 0. The fourth-order valence-electron chi connectivity index (χ4n) is 14.9. The van der Waals surface area contributed by atoms with Gasteiger partial charge in [-0.3, -0.25) is 0 Å². The molecule has 0 aliphatic carbocycles. The maximum absolute atomic E-state index is 7.58. The van der Waals surface area contributed by atoms with Gasteiger partial charge in [-0.25, -0.2) is 0 Å². The molecule has 98 heavy (non-hydrogen) atoms. The second-order valence-corrected chi connectivity index (χ2v) is 30.2. The molecule has 0 atom stereocenters. The molecule has 6 nitrogen and oxygen atoms in total. The van der Waals surface area contributed by atoms with E-state index in [-0.39, 0.29) is 16.2 Å². The molecule has 2 aliphatic rings. The quantitative estimate of drug-likeness (QED) is 0.137. The fraction of sp³-hybridized carbons (Fsp3) is 0.143. The third-order valence-electron chi connectivity index (χ3n) is 19.8. The summed E-state index contributed by atoms with van der Waals surface area (Å²) >= 11 is 2.58. The van der Waals surface area contributed by atoms with E-state index in [4.69, 9.17) is 9.72 Å². The fourth-order valence-corrected chi connectivity index (χ4v) is 16.0. The standard InChI is InChI=1S/C91H77N5O.Pt/c1-88(2,3)67-49-50-92-86(57-67)96-80-40-26-25-39-76(80)91(77-46-43-65(61-29-15-10-16-30-61)51-83(77)95(70-37-23-14-24-38-70)84-52-66(44-47-78(84)91)62-31-17-11-18-32-62)79-48-45-72(59-85(79)96)97-73-54-68(89(4,5)6)53-71(58-73)93-60-94(82-42-28-27-41-81(82)93)87-74(63-33-19-12-20-34-63)55-69(90(7,8)9)56-75(87)64-35-21-13-22-36-64;/h10-59H,1-9H3;. The van der Waals surface area contributed by atoms with Crippen molar-refractivity contribution in [3.63, 3.8) is 0 Å². The van der Waals surface area contributed by atoms with Gasteiger partial charge in [0.25, 0.3) is 0 Å². The van der Waals surface area contributed by atoms with Crippen LogP contribution >= 0.6 is 0 Å². The Morgan fingerprint density at radius 3 is 1.32 bits per heavy atom. The Bertz CT molecular complexity index is 5290. The number of hydrogen-bond acceptors (Lipinski definition) is 4. The Balaban J connectivity index is 0.935.